The van der Waals surface area contributed by atoms with E-state index < -0.39 is 0 Å². The van der Waals surface area contributed by atoms with Gasteiger partial charge in [-0.2, -0.15) is 4.98 Å². The summed E-state index contributed by atoms with van der Waals surface area (Å²) in [4.78, 5) is 4.22. The van der Waals surface area contributed by atoms with Crippen LogP contribution in [0.4, 0.5) is 10.1 Å². The molecule has 0 radical (unpaired) electrons. The maximum atomic E-state index is 14.0. The summed E-state index contributed by atoms with van der Waals surface area (Å²) in [5.74, 6) is 0.221. The highest BCUT2D eigenvalue weighted by Gasteiger charge is 2.15. The molecule has 0 unspecified atom stereocenters. The van der Waals surface area contributed by atoms with Crippen molar-refractivity contribution < 1.29 is 8.91 Å². The summed E-state index contributed by atoms with van der Waals surface area (Å²) >= 11 is 0. The number of hydrogen-bond acceptors (Lipinski definition) is 4. The summed E-state index contributed by atoms with van der Waals surface area (Å²) in [5.41, 5.74) is 7.89. The van der Waals surface area contributed by atoms with E-state index in [0.29, 0.717) is 22.6 Å². The zero-order valence-corrected chi connectivity index (χ0v) is 10.8. The second-order valence-corrected chi connectivity index (χ2v) is 4.48. The van der Waals surface area contributed by atoms with Crippen LogP contribution in [0, 0.1) is 12.7 Å². The van der Waals surface area contributed by atoms with Gasteiger partial charge in [0, 0.05) is 11.3 Å². The fraction of sp³-hybridized carbons (Fsp3) is 0.0667. The van der Waals surface area contributed by atoms with Crippen LogP contribution in [-0.4, -0.2) is 10.1 Å². The van der Waals surface area contributed by atoms with Crippen molar-refractivity contribution in [3.8, 4) is 22.8 Å². The maximum Gasteiger partial charge on any atom is 0.261 e. The molecule has 0 spiro atoms. The number of halogens is 1. The third-order valence-electron chi connectivity index (χ3n) is 3.02. The molecule has 0 fully saturated rings. The molecule has 0 amide bonds. The van der Waals surface area contributed by atoms with E-state index in [4.69, 9.17) is 10.3 Å². The van der Waals surface area contributed by atoms with E-state index in [1.807, 2.05) is 0 Å². The highest BCUT2D eigenvalue weighted by atomic mass is 19.1. The number of anilines is 1. The molecule has 2 aromatic carbocycles. The Morgan fingerprint density at radius 2 is 1.85 bits per heavy atom. The lowest BCUT2D eigenvalue weighted by Gasteiger charge is -1.99. The molecule has 1 aromatic heterocycles. The van der Waals surface area contributed by atoms with Crippen LogP contribution in [0.15, 0.2) is 47.0 Å². The first-order chi connectivity index (χ1) is 9.65. The van der Waals surface area contributed by atoms with Gasteiger partial charge in [0.05, 0.1) is 5.56 Å². The molecule has 0 aliphatic heterocycles. The minimum atomic E-state index is -0.347. The molecular formula is C15H12FN3O. The second-order valence-electron chi connectivity index (χ2n) is 4.48. The predicted molar refractivity (Wildman–Crippen MR) is 74.3 cm³/mol. The Hall–Kier alpha value is -2.69. The molecule has 3 rings (SSSR count). The number of benzene rings is 2. The van der Waals surface area contributed by atoms with Gasteiger partial charge in [0.25, 0.3) is 5.89 Å². The molecule has 100 valence electrons. The average Bonchev–Trinajstić information content (AvgIpc) is 2.92. The third kappa shape index (κ3) is 2.14. The Labute approximate surface area is 115 Å². The van der Waals surface area contributed by atoms with Crippen LogP contribution in [0.1, 0.15) is 5.56 Å². The van der Waals surface area contributed by atoms with Crippen LogP contribution >= 0.6 is 0 Å². The monoisotopic (exact) mass is 269 g/mol. The third-order valence-corrected chi connectivity index (χ3v) is 3.02. The Morgan fingerprint density at radius 1 is 1.10 bits per heavy atom. The van der Waals surface area contributed by atoms with Crippen molar-refractivity contribution in [1.29, 1.82) is 0 Å². The molecule has 0 saturated heterocycles. The molecule has 4 nitrogen and oxygen atoms in total. The molecule has 0 bridgehead atoms. The zero-order valence-electron chi connectivity index (χ0n) is 10.8. The topological polar surface area (TPSA) is 64.9 Å². The van der Waals surface area contributed by atoms with Crippen molar-refractivity contribution in [2.45, 2.75) is 6.92 Å². The van der Waals surface area contributed by atoms with E-state index in [-0.39, 0.29) is 11.7 Å². The van der Waals surface area contributed by atoms with Gasteiger partial charge in [0.15, 0.2) is 0 Å². The van der Waals surface area contributed by atoms with Crippen LogP contribution in [0.2, 0.25) is 0 Å². The van der Waals surface area contributed by atoms with Crippen LogP contribution in [0.5, 0.6) is 0 Å². The number of rotatable bonds is 2. The molecule has 1 heterocycles. The minimum Gasteiger partial charge on any atom is -0.399 e. The Morgan fingerprint density at radius 3 is 2.60 bits per heavy atom. The average molecular weight is 269 g/mol. The summed E-state index contributed by atoms with van der Waals surface area (Å²) in [7, 11) is 0. The lowest BCUT2D eigenvalue weighted by molar-refractivity contribution is 0.429. The minimum absolute atomic E-state index is 0.165. The fourth-order valence-corrected chi connectivity index (χ4v) is 1.89. The van der Waals surface area contributed by atoms with Gasteiger partial charge in [-0.15, -0.1) is 0 Å². The summed E-state index contributed by atoms with van der Waals surface area (Å²) in [6.45, 7) is 1.69. The smallest absolute Gasteiger partial charge is 0.261 e. The van der Waals surface area contributed by atoms with E-state index in [9.17, 15) is 4.39 Å². The standard InChI is InChI=1S/C15H12FN3O/c1-9-3-2-4-12(13(9)16)15-18-14(19-20-15)10-5-7-11(17)8-6-10/h2-8H,17H2,1H3. The normalized spacial score (nSPS) is 10.7. The van der Waals surface area contributed by atoms with Crippen LogP contribution < -0.4 is 5.73 Å². The van der Waals surface area contributed by atoms with Crippen LogP contribution in [0.3, 0.4) is 0 Å². The first-order valence-electron chi connectivity index (χ1n) is 6.10. The Kier molecular flexibility index (Phi) is 2.95. The molecule has 0 aliphatic carbocycles. The maximum absolute atomic E-state index is 14.0. The van der Waals surface area contributed by atoms with Gasteiger partial charge in [-0.1, -0.05) is 17.3 Å². The number of nitrogens with two attached hydrogens (primary N) is 1. The molecule has 0 saturated carbocycles. The van der Waals surface area contributed by atoms with Gasteiger partial charge in [-0.05, 0) is 42.8 Å². The largest absolute Gasteiger partial charge is 0.399 e. The van der Waals surface area contributed by atoms with Crippen LogP contribution in [0.25, 0.3) is 22.8 Å². The van der Waals surface area contributed by atoms with Crippen molar-refractivity contribution in [2.75, 3.05) is 5.73 Å². The van der Waals surface area contributed by atoms with Crippen LogP contribution in [-0.2, 0) is 0 Å². The fourth-order valence-electron chi connectivity index (χ4n) is 1.89. The summed E-state index contributed by atoms with van der Waals surface area (Å²) in [6, 6.07) is 12.1. The number of nitrogen functional groups attached to an aromatic ring is 1. The van der Waals surface area contributed by atoms with Crippen molar-refractivity contribution in [1.82, 2.24) is 10.1 Å². The lowest BCUT2D eigenvalue weighted by Crippen LogP contribution is -1.88. The first kappa shape index (κ1) is 12.3. The number of hydrogen-bond donors (Lipinski definition) is 1. The molecule has 0 aliphatic rings. The summed E-state index contributed by atoms with van der Waals surface area (Å²) in [6.07, 6.45) is 0. The quantitative estimate of drug-likeness (QED) is 0.724. The molecule has 3 aromatic rings. The van der Waals surface area contributed by atoms with Gasteiger partial charge in [-0.3, -0.25) is 0 Å². The molecule has 20 heavy (non-hydrogen) atoms. The molecule has 2 N–H and O–H groups in total. The Balaban J connectivity index is 2.02. The highest BCUT2D eigenvalue weighted by molar-refractivity contribution is 5.62. The van der Waals surface area contributed by atoms with Crippen molar-refractivity contribution >= 4 is 5.69 Å². The van der Waals surface area contributed by atoms with E-state index in [1.165, 1.54) is 0 Å². The highest BCUT2D eigenvalue weighted by Crippen LogP contribution is 2.26. The number of aromatic nitrogens is 2. The summed E-state index contributed by atoms with van der Waals surface area (Å²) < 4.78 is 19.1. The van der Waals surface area contributed by atoms with E-state index in [0.717, 1.165) is 5.56 Å². The SMILES string of the molecule is Cc1cccc(-c2nc(-c3ccc(N)cc3)no2)c1F. The predicted octanol–water partition coefficient (Wildman–Crippen LogP) is 3.43. The molecular weight excluding hydrogens is 257 g/mol. The van der Waals surface area contributed by atoms with Gasteiger partial charge >= 0.3 is 0 Å². The van der Waals surface area contributed by atoms with Gasteiger partial charge in [-0.25, -0.2) is 4.39 Å². The Bertz CT molecular complexity index is 750. The van der Waals surface area contributed by atoms with Crippen molar-refractivity contribution in [3.63, 3.8) is 0 Å². The first-order valence-corrected chi connectivity index (χ1v) is 6.10. The van der Waals surface area contributed by atoms with E-state index in [1.54, 1.807) is 49.4 Å². The van der Waals surface area contributed by atoms with Gasteiger partial charge in [0.2, 0.25) is 5.82 Å². The van der Waals surface area contributed by atoms with E-state index >= 15 is 0 Å². The summed E-state index contributed by atoms with van der Waals surface area (Å²) in [5, 5.41) is 3.87. The molecule has 0 atom stereocenters. The lowest BCUT2D eigenvalue weighted by atomic mass is 10.1. The van der Waals surface area contributed by atoms with E-state index in [2.05, 4.69) is 10.1 Å². The van der Waals surface area contributed by atoms with Crippen molar-refractivity contribution in [2.24, 2.45) is 0 Å². The van der Waals surface area contributed by atoms with Gasteiger partial charge in [0.1, 0.15) is 5.82 Å². The zero-order chi connectivity index (χ0) is 14.1. The van der Waals surface area contributed by atoms with Crippen molar-refractivity contribution in [3.05, 3.63) is 53.8 Å². The number of nitrogens with zero attached hydrogens (tertiary/aromatic N) is 2. The van der Waals surface area contributed by atoms with Gasteiger partial charge < -0.3 is 10.3 Å². The molecule has 5 heteroatoms. The number of aryl methyl sites for hydroxylation is 1. The second kappa shape index (κ2) is 4.77.